The van der Waals surface area contributed by atoms with Gasteiger partial charge in [-0.25, -0.2) is 0 Å². The van der Waals surface area contributed by atoms with Crippen LogP contribution in [0, 0.1) is 0 Å². The van der Waals surface area contributed by atoms with E-state index in [4.69, 9.17) is 5.73 Å². The Morgan fingerprint density at radius 2 is 2.00 bits per heavy atom. The molecule has 17 heavy (non-hydrogen) atoms. The molecule has 0 saturated heterocycles. The van der Waals surface area contributed by atoms with E-state index in [1.54, 1.807) is 6.92 Å². The monoisotopic (exact) mass is 235 g/mol. The minimum atomic E-state index is -0.402. The Morgan fingerprint density at radius 3 is 2.59 bits per heavy atom. The first kappa shape index (κ1) is 13.2. The quantitative estimate of drug-likeness (QED) is 0.699. The average molecular weight is 235 g/mol. The fraction of sp³-hybridized carbons (Fsp3) is 0.333. The molecule has 1 aromatic rings. The topological polar surface area (TPSA) is 84.2 Å². The van der Waals surface area contributed by atoms with Gasteiger partial charge in [-0.2, -0.15) is 0 Å². The largest absolute Gasteiger partial charge is 0.368 e. The number of amides is 2. The van der Waals surface area contributed by atoms with Crippen molar-refractivity contribution in [3.05, 3.63) is 29.8 Å². The van der Waals surface area contributed by atoms with Gasteiger partial charge >= 0.3 is 0 Å². The molecule has 4 N–H and O–H groups in total. The summed E-state index contributed by atoms with van der Waals surface area (Å²) in [5, 5.41) is 5.72. The molecule has 0 saturated carbocycles. The van der Waals surface area contributed by atoms with Crippen molar-refractivity contribution in [2.75, 3.05) is 5.32 Å². The number of hydrogen-bond donors (Lipinski definition) is 3. The number of anilines is 1. The molecule has 0 fully saturated rings. The van der Waals surface area contributed by atoms with Crippen molar-refractivity contribution in [2.45, 2.75) is 26.4 Å². The molecule has 1 rings (SSSR count). The van der Waals surface area contributed by atoms with Gasteiger partial charge in [0.2, 0.25) is 11.8 Å². The van der Waals surface area contributed by atoms with Gasteiger partial charge in [-0.05, 0) is 18.6 Å². The van der Waals surface area contributed by atoms with Crippen LogP contribution in [0.1, 0.15) is 19.4 Å². The molecule has 5 nitrogen and oxygen atoms in total. The standard InChI is InChI=1S/C12H17N3O2/c1-8(12(13)17)14-7-10-5-3-4-6-11(10)15-9(2)16/h3-6,8,14H,7H2,1-2H3,(H2,13,17)(H,15,16). The minimum absolute atomic E-state index is 0.125. The maximum absolute atomic E-state index is 11.0. The lowest BCUT2D eigenvalue weighted by molar-refractivity contribution is -0.119. The summed E-state index contributed by atoms with van der Waals surface area (Å²) in [4.78, 5) is 21.9. The van der Waals surface area contributed by atoms with Gasteiger partial charge in [0.25, 0.3) is 0 Å². The van der Waals surface area contributed by atoms with Crippen molar-refractivity contribution in [1.29, 1.82) is 0 Å². The van der Waals surface area contributed by atoms with Crippen LogP contribution >= 0.6 is 0 Å². The third kappa shape index (κ3) is 4.24. The molecule has 0 aliphatic carbocycles. The van der Waals surface area contributed by atoms with E-state index in [0.29, 0.717) is 6.54 Å². The van der Waals surface area contributed by atoms with Gasteiger partial charge in [-0.15, -0.1) is 0 Å². The Labute approximate surface area is 100 Å². The molecule has 0 aliphatic heterocycles. The van der Waals surface area contributed by atoms with E-state index >= 15 is 0 Å². The fourth-order valence-corrected chi connectivity index (χ4v) is 1.35. The molecule has 92 valence electrons. The smallest absolute Gasteiger partial charge is 0.234 e. The number of carbonyl (C=O) groups is 2. The van der Waals surface area contributed by atoms with Crippen molar-refractivity contribution in [3.63, 3.8) is 0 Å². The number of benzene rings is 1. The van der Waals surface area contributed by atoms with Crippen LogP contribution in [0.3, 0.4) is 0 Å². The number of hydrogen-bond acceptors (Lipinski definition) is 3. The van der Waals surface area contributed by atoms with Crippen molar-refractivity contribution in [1.82, 2.24) is 5.32 Å². The minimum Gasteiger partial charge on any atom is -0.368 e. The number of nitrogens with two attached hydrogens (primary N) is 1. The summed E-state index contributed by atoms with van der Waals surface area (Å²) in [6, 6.07) is 7.00. The molecular formula is C12H17N3O2. The molecule has 0 radical (unpaired) electrons. The van der Waals surface area contributed by atoms with E-state index in [2.05, 4.69) is 10.6 Å². The molecule has 0 aliphatic rings. The predicted molar refractivity (Wildman–Crippen MR) is 66.2 cm³/mol. The average Bonchev–Trinajstić information content (AvgIpc) is 2.26. The lowest BCUT2D eigenvalue weighted by atomic mass is 10.1. The zero-order valence-electron chi connectivity index (χ0n) is 9.99. The zero-order chi connectivity index (χ0) is 12.8. The molecule has 0 bridgehead atoms. The molecule has 2 amide bonds. The Hall–Kier alpha value is -1.88. The van der Waals surface area contributed by atoms with Crippen LogP contribution in [0.15, 0.2) is 24.3 Å². The molecule has 5 heteroatoms. The molecule has 0 spiro atoms. The van der Waals surface area contributed by atoms with Gasteiger partial charge in [0.05, 0.1) is 6.04 Å². The third-order valence-corrected chi connectivity index (χ3v) is 2.35. The number of primary amides is 1. The second-order valence-electron chi connectivity index (χ2n) is 3.84. The van der Waals surface area contributed by atoms with Crippen LogP contribution in [0.25, 0.3) is 0 Å². The fourth-order valence-electron chi connectivity index (χ4n) is 1.35. The van der Waals surface area contributed by atoms with Crippen molar-refractivity contribution < 1.29 is 9.59 Å². The summed E-state index contributed by atoms with van der Waals surface area (Å²) in [6.07, 6.45) is 0. The van der Waals surface area contributed by atoms with Crippen molar-refractivity contribution >= 4 is 17.5 Å². The summed E-state index contributed by atoms with van der Waals surface area (Å²) >= 11 is 0. The zero-order valence-corrected chi connectivity index (χ0v) is 9.99. The number of rotatable bonds is 5. The lowest BCUT2D eigenvalue weighted by Gasteiger charge is -2.13. The van der Waals surface area contributed by atoms with Crippen LogP contribution in [-0.4, -0.2) is 17.9 Å². The summed E-state index contributed by atoms with van der Waals surface area (Å²) in [6.45, 7) is 3.63. The van der Waals surface area contributed by atoms with E-state index in [1.807, 2.05) is 24.3 Å². The van der Waals surface area contributed by atoms with Gasteiger partial charge in [0.1, 0.15) is 0 Å². The first-order valence-corrected chi connectivity index (χ1v) is 5.39. The van der Waals surface area contributed by atoms with E-state index in [0.717, 1.165) is 11.3 Å². The van der Waals surface area contributed by atoms with Crippen LogP contribution in [0.4, 0.5) is 5.69 Å². The highest BCUT2D eigenvalue weighted by Crippen LogP contribution is 2.14. The number of para-hydroxylation sites is 1. The Morgan fingerprint density at radius 1 is 1.35 bits per heavy atom. The van der Waals surface area contributed by atoms with E-state index in [9.17, 15) is 9.59 Å². The Balaban J connectivity index is 2.70. The molecule has 1 atom stereocenters. The van der Waals surface area contributed by atoms with E-state index < -0.39 is 11.9 Å². The van der Waals surface area contributed by atoms with E-state index in [1.165, 1.54) is 6.92 Å². The summed E-state index contributed by atoms with van der Waals surface area (Å²) in [5.74, 6) is -0.526. The Bertz CT molecular complexity index is 418. The van der Waals surface area contributed by atoms with Crippen molar-refractivity contribution in [3.8, 4) is 0 Å². The highest BCUT2D eigenvalue weighted by Gasteiger charge is 2.09. The predicted octanol–water partition coefficient (Wildman–Crippen LogP) is 0.608. The van der Waals surface area contributed by atoms with Gasteiger partial charge in [-0.3, -0.25) is 9.59 Å². The SMILES string of the molecule is CC(=O)Nc1ccccc1CNC(C)C(N)=O. The van der Waals surface area contributed by atoms with Crippen molar-refractivity contribution in [2.24, 2.45) is 5.73 Å². The number of nitrogens with one attached hydrogen (secondary N) is 2. The molecule has 1 unspecified atom stereocenters. The van der Waals surface area contributed by atoms with E-state index in [-0.39, 0.29) is 5.91 Å². The maximum Gasteiger partial charge on any atom is 0.234 e. The second-order valence-corrected chi connectivity index (χ2v) is 3.84. The summed E-state index contributed by atoms with van der Waals surface area (Å²) in [5.41, 5.74) is 6.80. The first-order chi connectivity index (χ1) is 8.00. The highest BCUT2D eigenvalue weighted by atomic mass is 16.1. The van der Waals surface area contributed by atoms with Crippen LogP contribution in [0.5, 0.6) is 0 Å². The van der Waals surface area contributed by atoms with Gasteiger partial charge in [0, 0.05) is 19.2 Å². The molecule has 0 heterocycles. The van der Waals surface area contributed by atoms with Crippen LogP contribution in [-0.2, 0) is 16.1 Å². The summed E-state index contributed by atoms with van der Waals surface area (Å²) in [7, 11) is 0. The van der Waals surface area contributed by atoms with Crippen LogP contribution < -0.4 is 16.4 Å². The van der Waals surface area contributed by atoms with Gasteiger partial charge in [0.15, 0.2) is 0 Å². The first-order valence-electron chi connectivity index (χ1n) is 5.39. The summed E-state index contributed by atoms with van der Waals surface area (Å²) < 4.78 is 0. The Kier molecular flexibility index (Phi) is 4.66. The second kappa shape index (κ2) is 6.00. The maximum atomic E-state index is 11.0. The van der Waals surface area contributed by atoms with Crippen LogP contribution in [0.2, 0.25) is 0 Å². The van der Waals surface area contributed by atoms with Gasteiger partial charge in [-0.1, -0.05) is 18.2 Å². The number of carbonyl (C=O) groups excluding carboxylic acids is 2. The molecule has 1 aromatic carbocycles. The third-order valence-electron chi connectivity index (χ3n) is 2.35. The molecular weight excluding hydrogens is 218 g/mol. The lowest BCUT2D eigenvalue weighted by Crippen LogP contribution is -2.38. The normalized spacial score (nSPS) is 11.9. The molecule has 0 aromatic heterocycles. The highest BCUT2D eigenvalue weighted by molar-refractivity contribution is 5.89. The van der Waals surface area contributed by atoms with Gasteiger partial charge < -0.3 is 16.4 Å².